The lowest BCUT2D eigenvalue weighted by atomic mass is 9.85. The first-order valence-electron chi connectivity index (χ1n) is 36.1. The van der Waals surface area contributed by atoms with Gasteiger partial charge in [0.2, 0.25) is 47.3 Å². The number of carboxylic acid groups (broad SMARTS) is 2. The van der Waals surface area contributed by atoms with Crippen molar-refractivity contribution in [1.29, 1.82) is 0 Å². The Hall–Kier alpha value is -10.8. The summed E-state index contributed by atoms with van der Waals surface area (Å²) in [6.07, 6.45) is 1.69. The van der Waals surface area contributed by atoms with Gasteiger partial charge in [0.25, 0.3) is 5.91 Å². The van der Waals surface area contributed by atoms with Gasteiger partial charge in [-0.3, -0.25) is 43.2 Å². The van der Waals surface area contributed by atoms with Crippen molar-refractivity contribution in [2.75, 3.05) is 40.4 Å². The lowest BCUT2D eigenvalue weighted by Crippen LogP contribution is -2.61. The minimum Gasteiger partial charge on any atom is -0.490 e. The molecule has 8 bridgehead atoms. The van der Waals surface area contributed by atoms with Crippen LogP contribution in [0.5, 0.6) is 5.75 Å². The topological polar surface area (TPSA) is 361 Å². The summed E-state index contributed by atoms with van der Waals surface area (Å²) in [5.41, 5.74) is 2.19. The van der Waals surface area contributed by atoms with E-state index in [0.717, 1.165) is 21.9 Å². The Labute approximate surface area is 623 Å². The third-order valence-corrected chi connectivity index (χ3v) is 19.7. The zero-order valence-corrected chi connectivity index (χ0v) is 62.1. The SMILES string of the molecule is CN[C@@H](C)C(=O)N[C@H](C(=O)N1C[C@@H]2C[C@H]1C(=O)N[C@@H](Cc1ccc3ccccc3c1)C(=O)N[C@H](C(=O)O)Cc1ccc(cc1)OC/C=C/CO[C@H]1C[C@@H](C(=O)N[C@@H](Cc3ccc(-c4ccccc4)cc3)C(=O)N[C@H](C(=O)O)Cc3ccc(cc3)C(=O)N2)N(C(=O)[C@@H](NC(=O)[C@H](C)NC)C(C)(C)C)C1)C(C)(C)C. The van der Waals surface area contributed by atoms with Gasteiger partial charge >= 0.3 is 11.9 Å². The van der Waals surface area contributed by atoms with Crippen molar-refractivity contribution in [1.82, 2.24) is 57.7 Å². The number of hydrogen-bond donors (Lipinski definition) is 11. The lowest BCUT2D eigenvalue weighted by Gasteiger charge is -2.36. The van der Waals surface area contributed by atoms with Gasteiger partial charge < -0.3 is 77.3 Å². The lowest BCUT2D eigenvalue weighted by molar-refractivity contribution is -0.145. The van der Waals surface area contributed by atoms with Gasteiger partial charge in [0.05, 0.1) is 24.8 Å². The van der Waals surface area contributed by atoms with Crippen LogP contribution in [0.1, 0.15) is 101 Å². The molecule has 11 N–H and O–H groups in total. The fraction of sp³-hybridized carbons (Fsp3) is 0.420. The van der Waals surface area contributed by atoms with Gasteiger partial charge in [0.1, 0.15) is 60.7 Å². The Balaban J connectivity index is 1.05. The molecule has 0 saturated carbocycles. The molecule has 107 heavy (non-hydrogen) atoms. The first-order chi connectivity index (χ1) is 50.9. The summed E-state index contributed by atoms with van der Waals surface area (Å²) >= 11 is 0. The fourth-order valence-corrected chi connectivity index (χ4v) is 13.2. The average molecular weight is 1470 g/mol. The summed E-state index contributed by atoms with van der Waals surface area (Å²) in [5.74, 6) is -8.47. The van der Waals surface area contributed by atoms with E-state index in [9.17, 15) is 43.8 Å². The largest absolute Gasteiger partial charge is 0.490 e. The average Bonchev–Trinajstić information content (AvgIpc) is 1.68. The molecule has 2 fully saturated rings. The minimum absolute atomic E-state index is 0.00284. The molecule has 26 nitrogen and oxygen atoms in total. The second kappa shape index (κ2) is 36.0. The van der Waals surface area contributed by atoms with Gasteiger partial charge in [0, 0.05) is 56.8 Å². The Morgan fingerprint density at radius 3 is 1.49 bits per heavy atom. The molecule has 6 aromatic carbocycles. The van der Waals surface area contributed by atoms with E-state index in [1.54, 1.807) is 124 Å². The smallest absolute Gasteiger partial charge is 0.326 e. The summed E-state index contributed by atoms with van der Waals surface area (Å²) < 4.78 is 12.3. The van der Waals surface area contributed by atoms with E-state index in [1.165, 1.54) is 34.1 Å². The molecule has 26 heteroatoms. The molecular weight excluding hydrogens is 1370 g/mol. The highest BCUT2D eigenvalue weighted by atomic mass is 16.5. The van der Waals surface area contributed by atoms with Crippen molar-refractivity contribution in [3.05, 3.63) is 186 Å². The standard InChI is InChI=1S/C81H99N11O15/c1-47(82-9)69(93)89-67(80(3,4)5)76(100)91-45-58-43-65(91)74(98)86-62(42-52-26-31-54-20-14-15-21-57(54)38-52)73(97)88-64(79(104)105)41-51-27-34-59(35-28-51)106-36-16-17-37-107-60-44-66(92(46-60)77(101)68(81(6,7)8)90-70(94)48(2)83-10)75(99)85-61(39-49-22-29-55(30-23-49)53-18-12-11-13-19-53)72(96)87-63(78(102)103)40-50-24-32-56(33-25-50)71(95)84-58/h11-35,38,47-48,58,60-68,82-83H,36-37,39-46H2,1-10H3,(H,84,95)(H,85,99)(H,86,98)(H,87,96)(H,88,97)(H,89,93)(H,90,94)(H,102,103)(H,104,105)/b17-16+/t47-,48-,58-,60-,61-,62-,63-,64-,65-,66-,67+,68+/m0/s1. The second-order valence-corrected chi connectivity index (χ2v) is 29.9. The molecule has 0 radical (unpaired) electrons. The highest BCUT2D eigenvalue weighted by molar-refractivity contribution is 5.99. The van der Waals surface area contributed by atoms with Crippen molar-refractivity contribution in [2.45, 2.75) is 166 Å². The van der Waals surface area contributed by atoms with E-state index in [4.69, 9.17) is 9.47 Å². The normalized spacial score (nSPS) is 22.5. The molecule has 0 aliphatic carbocycles. The van der Waals surface area contributed by atoms with Crippen molar-refractivity contribution in [3.63, 3.8) is 0 Å². The zero-order valence-electron chi connectivity index (χ0n) is 62.1. The summed E-state index contributed by atoms with van der Waals surface area (Å²) in [5, 5.41) is 48.7. The number of nitrogens with one attached hydrogen (secondary N) is 9. The van der Waals surface area contributed by atoms with Crippen molar-refractivity contribution < 1.29 is 72.4 Å². The van der Waals surface area contributed by atoms with Crippen LogP contribution in [0.4, 0.5) is 0 Å². The number of nitrogens with zero attached hydrogens (tertiary/aromatic N) is 2. The van der Waals surface area contributed by atoms with Crippen molar-refractivity contribution in [2.24, 2.45) is 10.8 Å². The van der Waals surface area contributed by atoms with E-state index < -0.39 is 148 Å². The quantitative estimate of drug-likeness (QED) is 0.0615. The van der Waals surface area contributed by atoms with E-state index in [2.05, 4.69) is 47.9 Å². The van der Waals surface area contributed by atoms with Crippen LogP contribution in [0.25, 0.3) is 21.9 Å². The Kier molecular flexibility index (Phi) is 27.0. The van der Waals surface area contributed by atoms with Crippen LogP contribution in [0, 0.1) is 10.8 Å². The van der Waals surface area contributed by atoms with Crippen LogP contribution in [-0.2, 0) is 78.4 Å². The number of fused-ring (bicyclic) bond motifs is 1. The van der Waals surface area contributed by atoms with Crippen molar-refractivity contribution >= 4 is 75.9 Å². The van der Waals surface area contributed by atoms with E-state index in [-0.39, 0.29) is 70.4 Å². The molecule has 12 atom stereocenters. The monoisotopic (exact) mass is 1470 g/mol. The maximum Gasteiger partial charge on any atom is 0.326 e. The maximum atomic E-state index is 15.2. The van der Waals surface area contributed by atoms with Gasteiger partial charge in [0.15, 0.2) is 0 Å². The molecule has 568 valence electrons. The number of carbonyl (C=O) groups excluding carboxylic acids is 9. The molecule has 12 rings (SSSR count). The van der Waals surface area contributed by atoms with Crippen LogP contribution in [-0.4, -0.2) is 198 Å². The number of likely N-dealkylation sites (tertiary alicyclic amines) is 2. The molecule has 2 saturated heterocycles. The Morgan fingerprint density at radius 2 is 0.963 bits per heavy atom. The third kappa shape index (κ3) is 21.5. The van der Waals surface area contributed by atoms with Gasteiger partial charge in [-0.1, -0.05) is 169 Å². The predicted octanol–water partition coefficient (Wildman–Crippen LogP) is 4.80. The number of benzene rings is 6. The summed E-state index contributed by atoms with van der Waals surface area (Å²) in [6, 6.07) is 29.2. The molecule has 6 aromatic rings. The van der Waals surface area contributed by atoms with E-state index >= 15 is 19.2 Å². The molecule has 6 heterocycles. The van der Waals surface area contributed by atoms with Crippen molar-refractivity contribution in [3.8, 4) is 16.9 Å². The number of rotatable bonds is 15. The summed E-state index contributed by atoms with van der Waals surface area (Å²) in [4.78, 5) is 161. The van der Waals surface area contributed by atoms with E-state index in [1.807, 2.05) is 78.9 Å². The first-order valence-corrected chi connectivity index (χ1v) is 36.1. The summed E-state index contributed by atoms with van der Waals surface area (Å²) in [7, 11) is 3.19. The van der Waals surface area contributed by atoms with Gasteiger partial charge in [-0.15, -0.1) is 0 Å². The van der Waals surface area contributed by atoms with Crippen LogP contribution in [0.2, 0.25) is 0 Å². The predicted molar refractivity (Wildman–Crippen MR) is 402 cm³/mol. The molecule has 0 spiro atoms. The van der Waals surface area contributed by atoms with Gasteiger partial charge in [-0.05, 0) is 120 Å². The maximum absolute atomic E-state index is 15.2. The number of hydrogen-bond acceptors (Lipinski definition) is 15. The molecule has 0 aromatic heterocycles. The highest BCUT2D eigenvalue weighted by Crippen LogP contribution is 2.31. The minimum atomic E-state index is -1.60. The summed E-state index contributed by atoms with van der Waals surface area (Å²) in [6.45, 7) is 13.6. The second-order valence-electron chi connectivity index (χ2n) is 29.9. The first kappa shape index (κ1) is 80.3. The van der Waals surface area contributed by atoms with Crippen LogP contribution in [0.3, 0.4) is 0 Å². The molecular formula is C81H99N11O15. The Morgan fingerprint density at radius 1 is 0.505 bits per heavy atom. The highest BCUT2D eigenvalue weighted by Gasteiger charge is 2.48. The number of likely N-dealkylation sites (N-methyl/N-ethyl adjacent to an activating group) is 2. The number of amides is 9. The number of ether oxygens (including phenoxy) is 2. The van der Waals surface area contributed by atoms with E-state index in [0.29, 0.717) is 28.0 Å². The number of carbonyl (C=O) groups is 11. The number of aliphatic carboxylic acids is 2. The van der Waals surface area contributed by atoms with Crippen LogP contribution >= 0.6 is 0 Å². The molecule has 6 aliphatic heterocycles. The fourth-order valence-electron chi connectivity index (χ4n) is 13.2. The van der Waals surface area contributed by atoms with Crippen LogP contribution < -0.4 is 52.6 Å². The van der Waals surface area contributed by atoms with Gasteiger partial charge in [-0.2, -0.15) is 0 Å². The third-order valence-electron chi connectivity index (χ3n) is 19.7. The molecule has 0 unspecified atom stereocenters. The molecule has 9 amide bonds. The van der Waals surface area contributed by atoms with Crippen LogP contribution in [0.15, 0.2) is 158 Å². The number of carboxylic acids is 2. The Bertz CT molecular complexity index is 4220. The zero-order chi connectivity index (χ0) is 77.4. The van der Waals surface area contributed by atoms with Gasteiger partial charge in [-0.25, -0.2) is 9.59 Å². The molecule has 6 aliphatic rings.